The fourth-order valence-corrected chi connectivity index (χ4v) is 2.73. The summed E-state index contributed by atoms with van der Waals surface area (Å²) in [4.78, 5) is 4.00. The molecule has 1 aliphatic rings. The van der Waals surface area contributed by atoms with Gasteiger partial charge in [-0.1, -0.05) is 0 Å². The number of rotatable bonds is 0. The van der Waals surface area contributed by atoms with Crippen molar-refractivity contribution in [3.8, 4) is 0 Å². The third kappa shape index (κ3) is 1.94. The maximum absolute atomic E-state index is 12.5. The van der Waals surface area contributed by atoms with Crippen LogP contribution in [0.4, 0.5) is 18.9 Å². The van der Waals surface area contributed by atoms with Crippen molar-refractivity contribution in [3.63, 3.8) is 0 Å². The molecule has 0 unspecified atom stereocenters. The molecule has 3 rings (SSSR count). The van der Waals surface area contributed by atoms with Gasteiger partial charge in [0.25, 0.3) is 5.82 Å². The largest absolute Gasteiger partial charge is 0.453 e. The number of nitrogen functional groups attached to an aromatic ring is 1. The number of anilines is 1. The van der Waals surface area contributed by atoms with E-state index in [-0.39, 0.29) is 5.16 Å². The maximum Gasteiger partial charge on any atom is 0.453 e. The highest BCUT2D eigenvalue weighted by Crippen LogP contribution is 2.41. The first-order chi connectivity index (χ1) is 8.86. The average Bonchev–Trinajstić information content (AvgIpc) is 2.74. The Balaban J connectivity index is 2.10. The Bertz CT molecular complexity index is 655. The van der Waals surface area contributed by atoms with Crippen molar-refractivity contribution in [1.82, 2.24) is 14.8 Å². The Kier molecular flexibility index (Phi) is 2.51. The molecule has 1 aliphatic heterocycles. The van der Waals surface area contributed by atoms with Gasteiger partial charge in [0, 0.05) is 16.1 Å². The van der Waals surface area contributed by atoms with Crippen LogP contribution in [0.3, 0.4) is 0 Å². The number of benzene rings is 1. The van der Waals surface area contributed by atoms with Gasteiger partial charge < -0.3 is 10.8 Å². The summed E-state index contributed by atoms with van der Waals surface area (Å²) in [5, 5.41) is 13.3. The standard InChI is InChI=1S/C10H7F3N4OS/c11-10(12,13)8-15-9-17(16-8)7(18)5-3-4(14)1-2-6(5)19-9/h1-3,7,18H,14H2/t7-/m0/s1. The molecule has 0 amide bonds. The van der Waals surface area contributed by atoms with E-state index in [0.717, 1.165) is 16.4 Å². The molecule has 0 bridgehead atoms. The number of fused-ring (bicyclic) bond motifs is 2. The Morgan fingerprint density at radius 2 is 2.11 bits per heavy atom. The smallest absolute Gasteiger partial charge is 0.399 e. The summed E-state index contributed by atoms with van der Waals surface area (Å²) in [6, 6.07) is 4.74. The molecule has 3 N–H and O–H groups in total. The summed E-state index contributed by atoms with van der Waals surface area (Å²) in [6.45, 7) is 0. The zero-order valence-electron chi connectivity index (χ0n) is 9.22. The highest BCUT2D eigenvalue weighted by atomic mass is 32.2. The number of aliphatic hydroxyl groups excluding tert-OH is 1. The van der Waals surface area contributed by atoms with E-state index in [2.05, 4.69) is 10.1 Å². The lowest BCUT2D eigenvalue weighted by Gasteiger charge is -2.21. The summed E-state index contributed by atoms with van der Waals surface area (Å²) in [5.41, 5.74) is 6.42. The third-order valence-corrected chi connectivity index (χ3v) is 3.65. The second-order valence-corrected chi connectivity index (χ2v) is 4.94. The number of hydrogen-bond donors (Lipinski definition) is 2. The van der Waals surface area contributed by atoms with E-state index in [0.29, 0.717) is 16.1 Å². The molecule has 9 heteroatoms. The van der Waals surface area contributed by atoms with Crippen LogP contribution in [0.5, 0.6) is 0 Å². The lowest BCUT2D eigenvalue weighted by molar-refractivity contribution is -0.145. The van der Waals surface area contributed by atoms with Gasteiger partial charge in [-0.05, 0) is 30.0 Å². The Morgan fingerprint density at radius 1 is 1.37 bits per heavy atom. The van der Waals surface area contributed by atoms with Crippen molar-refractivity contribution in [2.75, 3.05) is 5.73 Å². The van der Waals surface area contributed by atoms with E-state index in [9.17, 15) is 18.3 Å². The molecule has 0 aliphatic carbocycles. The first-order valence-corrected chi connectivity index (χ1v) is 5.97. The topological polar surface area (TPSA) is 77.0 Å². The van der Waals surface area contributed by atoms with Gasteiger partial charge in [-0.2, -0.15) is 18.2 Å². The predicted octanol–water partition coefficient (Wildman–Crippen LogP) is 1.88. The highest BCUT2D eigenvalue weighted by Gasteiger charge is 2.39. The molecule has 1 atom stereocenters. The van der Waals surface area contributed by atoms with E-state index >= 15 is 0 Å². The zero-order valence-corrected chi connectivity index (χ0v) is 10.0. The van der Waals surface area contributed by atoms with Crippen molar-refractivity contribution < 1.29 is 18.3 Å². The second-order valence-electron chi connectivity index (χ2n) is 3.93. The van der Waals surface area contributed by atoms with Crippen molar-refractivity contribution >= 4 is 17.4 Å². The van der Waals surface area contributed by atoms with Crippen LogP contribution >= 0.6 is 11.8 Å². The van der Waals surface area contributed by atoms with Crippen molar-refractivity contribution in [2.45, 2.75) is 22.5 Å². The minimum absolute atomic E-state index is 0.00269. The van der Waals surface area contributed by atoms with Gasteiger partial charge in [-0.15, -0.1) is 5.10 Å². The molecule has 19 heavy (non-hydrogen) atoms. The quantitative estimate of drug-likeness (QED) is 0.724. The number of nitrogens with zero attached hydrogens (tertiary/aromatic N) is 3. The van der Waals surface area contributed by atoms with Gasteiger partial charge in [0.1, 0.15) is 0 Å². The Labute approximate surface area is 109 Å². The van der Waals surface area contributed by atoms with Crippen LogP contribution < -0.4 is 5.73 Å². The van der Waals surface area contributed by atoms with Crippen LogP contribution in [0.25, 0.3) is 0 Å². The van der Waals surface area contributed by atoms with Crippen LogP contribution in [0.1, 0.15) is 17.6 Å². The summed E-state index contributed by atoms with van der Waals surface area (Å²) < 4.78 is 38.5. The molecule has 0 saturated heterocycles. The van der Waals surface area contributed by atoms with Gasteiger partial charge in [0.05, 0.1) is 0 Å². The molecule has 100 valence electrons. The summed E-state index contributed by atoms with van der Waals surface area (Å²) in [7, 11) is 0. The fourth-order valence-electron chi connectivity index (χ4n) is 1.75. The molecule has 2 heterocycles. The minimum Gasteiger partial charge on any atom is -0.399 e. The predicted molar refractivity (Wildman–Crippen MR) is 60.4 cm³/mol. The van der Waals surface area contributed by atoms with Crippen LogP contribution in [-0.2, 0) is 6.18 Å². The van der Waals surface area contributed by atoms with Crippen LogP contribution in [0.15, 0.2) is 28.3 Å². The lowest BCUT2D eigenvalue weighted by atomic mass is 10.2. The number of hydrogen-bond acceptors (Lipinski definition) is 5. The van der Waals surface area contributed by atoms with Crippen LogP contribution in [-0.4, -0.2) is 19.9 Å². The molecule has 5 nitrogen and oxygen atoms in total. The third-order valence-electron chi connectivity index (χ3n) is 2.60. The lowest BCUT2D eigenvalue weighted by Crippen LogP contribution is -2.18. The second kappa shape index (κ2) is 3.87. The van der Waals surface area contributed by atoms with Gasteiger partial charge >= 0.3 is 6.18 Å². The van der Waals surface area contributed by atoms with Crippen molar-refractivity contribution in [3.05, 3.63) is 29.6 Å². The highest BCUT2D eigenvalue weighted by molar-refractivity contribution is 7.99. The number of aromatic nitrogens is 3. The van der Waals surface area contributed by atoms with Crippen LogP contribution in [0.2, 0.25) is 0 Å². The Hall–Kier alpha value is -1.74. The summed E-state index contributed by atoms with van der Waals surface area (Å²) in [5.74, 6) is -1.27. The number of halogens is 3. The van der Waals surface area contributed by atoms with Gasteiger partial charge in [0.2, 0.25) is 0 Å². The zero-order chi connectivity index (χ0) is 13.8. The normalized spacial score (nSPS) is 18.0. The average molecular weight is 288 g/mol. The molecule has 0 saturated carbocycles. The van der Waals surface area contributed by atoms with Crippen molar-refractivity contribution in [1.29, 1.82) is 0 Å². The van der Waals surface area contributed by atoms with E-state index in [4.69, 9.17) is 5.73 Å². The van der Waals surface area contributed by atoms with Crippen LogP contribution in [0, 0.1) is 0 Å². The summed E-state index contributed by atoms with van der Waals surface area (Å²) in [6.07, 6.45) is -5.96. The molecule has 2 aromatic rings. The SMILES string of the molecule is Nc1ccc2c(c1)[C@H](O)n1nc(C(F)(F)F)nc1S2. The van der Waals surface area contributed by atoms with E-state index in [1.807, 2.05) is 0 Å². The van der Waals surface area contributed by atoms with E-state index < -0.39 is 18.2 Å². The van der Waals surface area contributed by atoms with Gasteiger partial charge in [0.15, 0.2) is 11.4 Å². The monoisotopic (exact) mass is 288 g/mol. The molecule has 0 spiro atoms. The Morgan fingerprint density at radius 3 is 2.79 bits per heavy atom. The molecule has 0 radical (unpaired) electrons. The molecule has 1 aromatic heterocycles. The van der Waals surface area contributed by atoms with E-state index in [1.54, 1.807) is 12.1 Å². The van der Waals surface area contributed by atoms with Gasteiger partial charge in [-0.25, -0.2) is 4.68 Å². The number of nitrogens with two attached hydrogens (primary N) is 1. The van der Waals surface area contributed by atoms with Gasteiger partial charge in [-0.3, -0.25) is 0 Å². The van der Waals surface area contributed by atoms with Crippen molar-refractivity contribution in [2.24, 2.45) is 0 Å². The first-order valence-electron chi connectivity index (χ1n) is 5.15. The maximum atomic E-state index is 12.5. The minimum atomic E-state index is -4.64. The molecular formula is C10H7F3N4OS. The fraction of sp³-hybridized carbons (Fsp3) is 0.200. The number of alkyl halides is 3. The molecular weight excluding hydrogens is 281 g/mol. The number of aliphatic hydroxyl groups is 1. The first kappa shape index (κ1) is 12.3. The van der Waals surface area contributed by atoms with E-state index in [1.165, 1.54) is 6.07 Å². The summed E-state index contributed by atoms with van der Waals surface area (Å²) >= 11 is 1.01. The molecule has 1 aromatic carbocycles. The molecule has 0 fully saturated rings.